The number of methoxy groups -OCH3 is 1. The second-order valence-electron chi connectivity index (χ2n) is 9.13. The molecule has 1 aromatic heterocycles. The number of aromatic nitrogens is 1. The van der Waals surface area contributed by atoms with Crippen LogP contribution in [0.15, 0.2) is 48.7 Å². The van der Waals surface area contributed by atoms with E-state index < -0.39 is 23.9 Å². The van der Waals surface area contributed by atoms with E-state index in [4.69, 9.17) is 15.2 Å². The lowest BCUT2D eigenvalue weighted by molar-refractivity contribution is -0.274. The number of halogens is 3. The van der Waals surface area contributed by atoms with Gasteiger partial charge in [0.25, 0.3) is 11.8 Å². The molecule has 0 atom stereocenters. The summed E-state index contributed by atoms with van der Waals surface area (Å²) in [6.07, 6.45) is -3.55. The van der Waals surface area contributed by atoms with Crippen LogP contribution in [0.25, 0.3) is 0 Å². The number of amides is 2. The van der Waals surface area contributed by atoms with Gasteiger partial charge in [-0.05, 0) is 53.8 Å². The van der Waals surface area contributed by atoms with Crippen LogP contribution in [-0.4, -0.2) is 30.3 Å². The zero-order chi connectivity index (χ0) is 27.5. The third-order valence-corrected chi connectivity index (χ3v) is 5.25. The van der Waals surface area contributed by atoms with Crippen LogP contribution in [-0.2, 0) is 5.41 Å². The molecule has 1 heterocycles. The van der Waals surface area contributed by atoms with Gasteiger partial charge in [0, 0.05) is 18.0 Å². The molecule has 2 aromatic carbocycles. The number of nitrogens with zero attached hydrogens (tertiary/aromatic N) is 1. The van der Waals surface area contributed by atoms with Gasteiger partial charge in [-0.15, -0.1) is 13.2 Å². The predicted octanol–water partition coefficient (Wildman–Crippen LogP) is 5.74. The number of pyridine rings is 1. The van der Waals surface area contributed by atoms with Crippen LogP contribution in [0.1, 0.15) is 52.7 Å². The number of carbonyl (C=O) groups excluding carboxylic acids is 2. The first-order valence-corrected chi connectivity index (χ1v) is 11.0. The maximum atomic E-state index is 13.3. The van der Waals surface area contributed by atoms with Crippen LogP contribution >= 0.6 is 0 Å². The number of aryl methyl sites for hydroxylation is 1. The van der Waals surface area contributed by atoms with Gasteiger partial charge in [-0.25, -0.2) is 0 Å². The Morgan fingerprint density at radius 1 is 0.973 bits per heavy atom. The fourth-order valence-corrected chi connectivity index (χ4v) is 3.44. The maximum Gasteiger partial charge on any atom is 0.573 e. The van der Waals surface area contributed by atoms with E-state index in [-0.39, 0.29) is 39.6 Å². The molecule has 0 bridgehead atoms. The van der Waals surface area contributed by atoms with Crippen molar-refractivity contribution in [2.75, 3.05) is 12.4 Å². The minimum atomic E-state index is -4.88. The summed E-state index contributed by atoms with van der Waals surface area (Å²) in [5, 5.41) is 2.70. The van der Waals surface area contributed by atoms with Gasteiger partial charge >= 0.3 is 6.36 Å². The summed E-state index contributed by atoms with van der Waals surface area (Å²) in [7, 11) is 1.27. The minimum Gasteiger partial charge on any atom is -0.493 e. The third kappa shape index (κ3) is 6.90. The van der Waals surface area contributed by atoms with Gasteiger partial charge in [0.15, 0.2) is 11.5 Å². The fraction of sp³-hybridized carbons (Fsp3) is 0.269. The minimum absolute atomic E-state index is 0.0278. The fourth-order valence-electron chi connectivity index (χ4n) is 3.44. The highest BCUT2D eigenvalue weighted by molar-refractivity contribution is 6.07. The van der Waals surface area contributed by atoms with Gasteiger partial charge in [0.2, 0.25) is 0 Å². The second kappa shape index (κ2) is 10.4. The molecule has 0 fully saturated rings. The number of primary amides is 1. The first-order valence-electron chi connectivity index (χ1n) is 11.0. The van der Waals surface area contributed by atoms with Crippen molar-refractivity contribution in [3.8, 4) is 23.0 Å². The van der Waals surface area contributed by atoms with Crippen molar-refractivity contribution in [2.45, 2.75) is 39.5 Å². The molecule has 3 N–H and O–H groups in total. The van der Waals surface area contributed by atoms with Crippen LogP contribution in [0, 0.1) is 6.92 Å². The summed E-state index contributed by atoms with van der Waals surface area (Å²) in [4.78, 5) is 28.7. The van der Waals surface area contributed by atoms with E-state index in [9.17, 15) is 22.8 Å². The lowest BCUT2D eigenvalue weighted by Gasteiger charge is -2.23. The molecule has 3 aromatic rings. The van der Waals surface area contributed by atoms with Gasteiger partial charge in [-0.1, -0.05) is 26.8 Å². The SMILES string of the molecule is COc1cc(OC(F)(F)F)ccc1Oc1cc(C(C)(C)C)cc(C)c1C(=O)Nc1ccnc(C(N)=O)c1. The molecule has 0 unspecified atom stereocenters. The van der Waals surface area contributed by atoms with Crippen LogP contribution in [0.3, 0.4) is 0 Å². The number of benzene rings is 2. The summed E-state index contributed by atoms with van der Waals surface area (Å²) in [5.41, 5.74) is 6.82. The Morgan fingerprint density at radius 2 is 1.68 bits per heavy atom. The number of nitrogens with one attached hydrogen (secondary N) is 1. The van der Waals surface area contributed by atoms with E-state index in [0.29, 0.717) is 5.56 Å². The van der Waals surface area contributed by atoms with E-state index in [1.807, 2.05) is 26.8 Å². The molecule has 0 spiro atoms. The van der Waals surface area contributed by atoms with E-state index in [2.05, 4.69) is 15.0 Å². The highest BCUT2D eigenvalue weighted by Crippen LogP contribution is 2.40. The molecule has 0 saturated heterocycles. The quantitative estimate of drug-likeness (QED) is 0.413. The number of anilines is 1. The molecule has 2 amide bonds. The smallest absolute Gasteiger partial charge is 0.493 e. The monoisotopic (exact) mass is 517 g/mol. The van der Waals surface area contributed by atoms with Crippen molar-refractivity contribution < 1.29 is 37.0 Å². The van der Waals surface area contributed by atoms with Crippen LogP contribution < -0.4 is 25.3 Å². The van der Waals surface area contributed by atoms with E-state index in [1.54, 1.807) is 13.0 Å². The third-order valence-electron chi connectivity index (χ3n) is 5.25. The Labute approximate surface area is 211 Å². The normalized spacial score (nSPS) is 11.6. The van der Waals surface area contributed by atoms with Crippen molar-refractivity contribution in [2.24, 2.45) is 5.73 Å². The largest absolute Gasteiger partial charge is 0.573 e. The molecule has 11 heteroatoms. The van der Waals surface area contributed by atoms with E-state index >= 15 is 0 Å². The van der Waals surface area contributed by atoms with E-state index in [1.165, 1.54) is 31.5 Å². The molecular formula is C26H26F3N3O5. The zero-order valence-electron chi connectivity index (χ0n) is 20.8. The van der Waals surface area contributed by atoms with Gasteiger partial charge in [-0.3, -0.25) is 14.6 Å². The Kier molecular flexibility index (Phi) is 7.66. The van der Waals surface area contributed by atoms with Crippen molar-refractivity contribution in [3.05, 3.63) is 71.0 Å². The van der Waals surface area contributed by atoms with Crippen molar-refractivity contribution >= 4 is 17.5 Å². The summed E-state index contributed by atoms with van der Waals surface area (Å²) < 4.78 is 53.1. The molecule has 8 nitrogen and oxygen atoms in total. The van der Waals surface area contributed by atoms with Gasteiger partial charge in [0.05, 0.1) is 12.7 Å². The number of hydrogen-bond acceptors (Lipinski definition) is 6. The average Bonchev–Trinajstić information content (AvgIpc) is 2.78. The highest BCUT2D eigenvalue weighted by Gasteiger charge is 2.31. The number of rotatable bonds is 7. The summed E-state index contributed by atoms with van der Waals surface area (Å²) in [5.74, 6) is -1.61. The Balaban J connectivity index is 2.05. The molecule has 0 aliphatic rings. The predicted molar refractivity (Wildman–Crippen MR) is 130 cm³/mol. The number of ether oxygens (including phenoxy) is 3. The number of carbonyl (C=O) groups is 2. The molecule has 37 heavy (non-hydrogen) atoms. The Bertz CT molecular complexity index is 1330. The summed E-state index contributed by atoms with van der Waals surface area (Å²) in [6, 6.07) is 9.72. The highest BCUT2D eigenvalue weighted by atomic mass is 19.4. The Morgan fingerprint density at radius 3 is 2.27 bits per heavy atom. The molecule has 0 aliphatic heterocycles. The molecular weight excluding hydrogens is 491 g/mol. The maximum absolute atomic E-state index is 13.3. The topological polar surface area (TPSA) is 113 Å². The Hall–Kier alpha value is -4.28. The van der Waals surface area contributed by atoms with Crippen LogP contribution in [0.4, 0.5) is 18.9 Å². The summed E-state index contributed by atoms with van der Waals surface area (Å²) in [6.45, 7) is 7.68. The number of nitrogens with two attached hydrogens (primary N) is 1. The van der Waals surface area contributed by atoms with Crippen LogP contribution in [0.5, 0.6) is 23.0 Å². The average molecular weight is 518 g/mol. The lowest BCUT2D eigenvalue weighted by atomic mass is 9.85. The van der Waals surface area contributed by atoms with Crippen LogP contribution in [0.2, 0.25) is 0 Å². The first kappa shape index (κ1) is 27.3. The summed E-state index contributed by atoms with van der Waals surface area (Å²) >= 11 is 0. The number of alkyl halides is 3. The van der Waals surface area contributed by atoms with Gasteiger partial charge in [0.1, 0.15) is 17.2 Å². The molecule has 0 saturated carbocycles. The molecule has 3 rings (SSSR count). The standard InChI is InChI=1S/C26H26F3N3O5/c1-14-10-15(25(2,3)4)11-21(22(14)24(34)32-16-8-9-31-18(12-16)23(30)33)36-19-7-6-17(13-20(19)35-5)37-26(27,28)29/h6-13H,1-5H3,(H2,30,33)(H,31,32,34). The lowest BCUT2D eigenvalue weighted by Crippen LogP contribution is -2.19. The van der Waals surface area contributed by atoms with Crippen molar-refractivity contribution in [3.63, 3.8) is 0 Å². The second-order valence-corrected chi connectivity index (χ2v) is 9.13. The molecule has 0 aliphatic carbocycles. The van der Waals surface area contributed by atoms with Gasteiger partial charge < -0.3 is 25.3 Å². The zero-order valence-corrected chi connectivity index (χ0v) is 20.8. The van der Waals surface area contributed by atoms with Gasteiger partial charge in [-0.2, -0.15) is 0 Å². The van der Waals surface area contributed by atoms with Crippen molar-refractivity contribution in [1.82, 2.24) is 4.98 Å². The molecule has 0 radical (unpaired) electrons. The van der Waals surface area contributed by atoms with E-state index in [0.717, 1.165) is 17.7 Å². The molecule has 196 valence electrons. The van der Waals surface area contributed by atoms with Crippen molar-refractivity contribution in [1.29, 1.82) is 0 Å². The number of hydrogen-bond donors (Lipinski definition) is 2. The first-order chi connectivity index (χ1) is 17.2.